The molecule has 0 radical (unpaired) electrons. The van der Waals surface area contributed by atoms with Gasteiger partial charge in [-0.3, -0.25) is 0 Å². The van der Waals surface area contributed by atoms with Gasteiger partial charge in [0.05, 0.1) is 4.90 Å². The molecular formula is C22H21F3N2O4S2. The Labute approximate surface area is 193 Å². The molecule has 3 aromatic rings. The largest absolute Gasteiger partial charge is 0.437 e. The van der Waals surface area contributed by atoms with E-state index in [-0.39, 0.29) is 38.5 Å². The van der Waals surface area contributed by atoms with E-state index in [1.165, 1.54) is 48.2 Å². The smallest absolute Gasteiger partial charge is 0.319 e. The van der Waals surface area contributed by atoms with Crippen molar-refractivity contribution in [3.8, 4) is 22.4 Å². The van der Waals surface area contributed by atoms with Gasteiger partial charge in [-0.1, -0.05) is 36.0 Å². The van der Waals surface area contributed by atoms with Gasteiger partial charge in [0, 0.05) is 28.7 Å². The van der Waals surface area contributed by atoms with Crippen LogP contribution in [0.4, 0.5) is 13.2 Å². The van der Waals surface area contributed by atoms with E-state index in [1.54, 1.807) is 19.1 Å². The molecule has 0 unspecified atom stereocenters. The van der Waals surface area contributed by atoms with Crippen LogP contribution in [-0.4, -0.2) is 36.8 Å². The molecule has 0 saturated heterocycles. The molecule has 1 aromatic heterocycles. The van der Waals surface area contributed by atoms with Crippen molar-refractivity contribution >= 4 is 27.6 Å². The summed E-state index contributed by atoms with van der Waals surface area (Å²) in [6.45, 7) is 1.70. The molecule has 0 aliphatic carbocycles. The van der Waals surface area contributed by atoms with Gasteiger partial charge in [0.25, 0.3) is 0 Å². The van der Waals surface area contributed by atoms with E-state index in [4.69, 9.17) is 4.84 Å². The lowest BCUT2D eigenvalue weighted by Gasteiger charge is -2.12. The number of sulfone groups is 1. The Bertz CT molecular complexity index is 1250. The van der Waals surface area contributed by atoms with Crippen molar-refractivity contribution in [1.29, 1.82) is 0 Å². The molecular weight excluding hydrogens is 477 g/mol. The standard InChI is InChI=1S/C22H21F3N2O4S2/c1-4-5-18(28)31-27-21(22(23,24)25)19(14-6-10-16(32-2)11-7-14)20(26-27)15-8-12-17(13-9-15)33(3,29)30/h6-13H,4-5H2,1-3H3. The number of nitrogens with zero attached hydrogens (tertiary/aromatic N) is 2. The van der Waals surface area contributed by atoms with Crippen LogP contribution >= 0.6 is 11.8 Å². The fraction of sp³-hybridized carbons (Fsp3) is 0.273. The van der Waals surface area contributed by atoms with E-state index in [1.807, 2.05) is 6.26 Å². The van der Waals surface area contributed by atoms with Crippen LogP contribution in [0.5, 0.6) is 0 Å². The first-order valence-electron chi connectivity index (χ1n) is 9.82. The maximum Gasteiger partial charge on any atom is 0.437 e. The number of alkyl halides is 3. The lowest BCUT2D eigenvalue weighted by Crippen LogP contribution is -2.26. The molecule has 0 bridgehead atoms. The first-order chi connectivity index (χ1) is 15.5. The molecule has 176 valence electrons. The van der Waals surface area contributed by atoms with Crippen LogP contribution in [0.25, 0.3) is 22.4 Å². The third kappa shape index (κ3) is 5.59. The van der Waals surface area contributed by atoms with Crippen molar-refractivity contribution in [3.05, 3.63) is 54.2 Å². The zero-order chi connectivity index (χ0) is 24.4. The molecule has 0 amide bonds. The number of thioether (sulfide) groups is 1. The van der Waals surface area contributed by atoms with Crippen LogP contribution in [-0.2, 0) is 20.8 Å². The van der Waals surface area contributed by atoms with Crippen molar-refractivity contribution < 1.29 is 31.2 Å². The number of carbonyl (C=O) groups excluding carboxylic acids is 1. The number of hydrogen-bond donors (Lipinski definition) is 0. The van der Waals surface area contributed by atoms with Gasteiger partial charge < -0.3 is 4.84 Å². The molecule has 0 aliphatic heterocycles. The predicted octanol–water partition coefficient (Wildman–Crippen LogP) is 5.12. The Kier molecular flexibility index (Phi) is 7.23. The maximum absolute atomic E-state index is 14.2. The number of aromatic nitrogens is 2. The van der Waals surface area contributed by atoms with E-state index >= 15 is 0 Å². The zero-order valence-corrected chi connectivity index (χ0v) is 19.6. The van der Waals surface area contributed by atoms with Crippen LogP contribution in [0.1, 0.15) is 25.5 Å². The average Bonchev–Trinajstić information content (AvgIpc) is 3.13. The zero-order valence-electron chi connectivity index (χ0n) is 18.0. The molecule has 1 heterocycles. The fourth-order valence-electron chi connectivity index (χ4n) is 3.15. The normalized spacial score (nSPS) is 12.1. The molecule has 0 atom stereocenters. The van der Waals surface area contributed by atoms with Crippen molar-refractivity contribution in [2.75, 3.05) is 12.5 Å². The second-order valence-corrected chi connectivity index (χ2v) is 10.1. The Morgan fingerprint density at radius 1 is 1.06 bits per heavy atom. The molecule has 0 spiro atoms. The van der Waals surface area contributed by atoms with Crippen LogP contribution in [0.2, 0.25) is 0 Å². The van der Waals surface area contributed by atoms with Gasteiger partial charge in [0.1, 0.15) is 5.69 Å². The quantitative estimate of drug-likeness (QED) is 0.421. The first kappa shape index (κ1) is 24.8. The highest BCUT2D eigenvalue weighted by atomic mass is 32.2. The Morgan fingerprint density at radius 2 is 1.64 bits per heavy atom. The number of carbonyl (C=O) groups is 1. The summed E-state index contributed by atoms with van der Waals surface area (Å²) in [5, 5.41) is 3.98. The lowest BCUT2D eigenvalue weighted by atomic mass is 9.98. The minimum Gasteiger partial charge on any atom is -0.319 e. The number of rotatable bonds is 7. The predicted molar refractivity (Wildman–Crippen MR) is 119 cm³/mol. The van der Waals surface area contributed by atoms with E-state index in [2.05, 4.69) is 5.10 Å². The summed E-state index contributed by atoms with van der Waals surface area (Å²) in [4.78, 5) is 18.0. The van der Waals surface area contributed by atoms with Crippen LogP contribution in [0.15, 0.2) is 58.3 Å². The van der Waals surface area contributed by atoms with Crippen molar-refractivity contribution in [1.82, 2.24) is 9.94 Å². The molecule has 0 saturated carbocycles. The van der Waals surface area contributed by atoms with Crippen LogP contribution in [0, 0.1) is 0 Å². The van der Waals surface area contributed by atoms with Gasteiger partial charge in [-0.25, -0.2) is 13.2 Å². The van der Waals surface area contributed by atoms with Gasteiger partial charge in [0.15, 0.2) is 15.5 Å². The summed E-state index contributed by atoms with van der Waals surface area (Å²) >= 11 is 1.44. The molecule has 0 fully saturated rings. The average molecular weight is 499 g/mol. The third-order valence-corrected chi connectivity index (χ3v) is 6.57. The minimum absolute atomic E-state index is 0.0157. The van der Waals surface area contributed by atoms with Gasteiger partial charge >= 0.3 is 12.1 Å². The highest BCUT2D eigenvalue weighted by Crippen LogP contribution is 2.42. The minimum atomic E-state index is -4.89. The van der Waals surface area contributed by atoms with Crippen molar-refractivity contribution in [2.45, 2.75) is 35.7 Å². The molecule has 6 nitrogen and oxygen atoms in total. The molecule has 33 heavy (non-hydrogen) atoms. The van der Waals surface area contributed by atoms with Crippen LogP contribution in [0.3, 0.4) is 0 Å². The highest BCUT2D eigenvalue weighted by molar-refractivity contribution is 7.98. The summed E-state index contributed by atoms with van der Waals surface area (Å²) in [5.41, 5.74) is -1.14. The number of benzene rings is 2. The van der Waals surface area contributed by atoms with Gasteiger partial charge in [0.2, 0.25) is 0 Å². The summed E-state index contributed by atoms with van der Waals surface area (Å²) in [6.07, 6.45) is -1.70. The lowest BCUT2D eigenvalue weighted by molar-refractivity contribution is -0.162. The van der Waals surface area contributed by atoms with E-state index in [9.17, 15) is 26.4 Å². The van der Waals surface area contributed by atoms with Crippen LogP contribution < -0.4 is 4.84 Å². The van der Waals surface area contributed by atoms with Gasteiger partial charge in [-0.2, -0.15) is 13.2 Å². The topological polar surface area (TPSA) is 78.3 Å². The first-order valence-corrected chi connectivity index (χ1v) is 12.9. The monoisotopic (exact) mass is 498 g/mol. The Hall–Kier alpha value is -2.79. The second-order valence-electron chi connectivity index (χ2n) is 7.18. The Balaban J connectivity index is 2.28. The SMILES string of the molecule is CCCC(=O)On1nc(-c2ccc(S(C)(=O)=O)cc2)c(-c2ccc(SC)cc2)c1C(F)(F)F. The molecule has 11 heteroatoms. The van der Waals surface area contributed by atoms with Gasteiger partial charge in [-0.15, -0.1) is 16.9 Å². The number of hydrogen-bond acceptors (Lipinski definition) is 6. The Morgan fingerprint density at radius 3 is 2.12 bits per heavy atom. The van der Waals surface area contributed by atoms with E-state index in [0.29, 0.717) is 6.42 Å². The highest BCUT2D eigenvalue weighted by Gasteiger charge is 2.42. The summed E-state index contributed by atoms with van der Waals surface area (Å²) < 4.78 is 66.1. The third-order valence-electron chi connectivity index (χ3n) is 4.70. The molecule has 0 aliphatic rings. The van der Waals surface area contributed by atoms with Crippen molar-refractivity contribution in [3.63, 3.8) is 0 Å². The summed E-state index contributed by atoms with van der Waals surface area (Å²) in [6, 6.07) is 11.7. The van der Waals surface area contributed by atoms with Gasteiger partial charge in [-0.05, 0) is 42.5 Å². The second kappa shape index (κ2) is 9.60. The van der Waals surface area contributed by atoms with Crippen molar-refractivity contribution in [2.24, 2.45) is 0 Å². The molecule has 0 N–H and O–H groups in total. The number of halogens is 3. The molecule has 2 aromatic carbocycles. The maximum atomic E-state index is 14.2. The summed E-state index contributed by atoms with van der Waals surface area (Å²) in [7, 11) is -3.50. The van der Waals surface area contributed by atoms with E-state index < -0.39 is 27.7 Å². The molecule has 3 rings (SSSR count). The van der Waals surface area contributed by atoms with E-state index in [0.717, 1.165) is 11.2 Å². The summed E-state index contributed by atoms with van der Waals surface area (Å²) in [5.74, 6) is -0.853. The fourth-order valence-corrected chi connectivity index (χ4v) is 4.19.